The lowest BCUT2D eigenvalue weighted by Crippen LogP contribution is -2.20. The summed E-state index contributed by atoms with van der Waals surface area (Å²) in [5.74, 6) is -0.281. The highest BCUT2D eigenvalue weighted by molar-refractivity contribution is 5.83. The molecule has 3 heterocycles. The van der Waals surface area contributed by atoms with Gasteiger partial charge in [0.25, 0.3) is 12.0 Å². The van der Waals surface area contributed by atoms with Crippen LogP contribution in [0, 0.1) is 5.82 Å². The van der Waals surface area contributed by atoms with E-state index in [1.54, 1.807) is 30.5 Å². The van der Waals surface area contributed by atoms with Gasteiger partial charge in [-0.25, -0.2) is 13.2 Å². The summed E-state index contributed by atoms with van der Waals surface area (Å²) in [6.45, 7) is -1.06. The highest BCUT2D eigenvalue weighted by atomic mass is 19.3. The van der Waals surface area contributed by atoms with Gasteiger partial charge >= 0.3 is 0 Å². The second-order valence-electron chi connectivity index (χ2n) is 9.50. The SMILES string of the molecule is Nc1nc(Nc2cnn(CC(F)F)c2)nc(-c2cccc(-n3ccc4cc(C5CC5)cc(F)c4c3=O)c2CO)n1. The van der Waals surface area contributed by atoms with E-state index in [4.69, 9.17) is 5.73 Å². The molecule has 204 valence electrons. The molecule has 13 heteroatoms. The summed E-state index contributed by atoms with van der Waals surface area (Å²) >= 11 is 0. The molecule has 5 aromatic rings. The summed E-state index contributed by atoms with van der Waals surface area (Å²) in [6, 6.07) is 9.87. The smallest absolute Gasteiger partial charge is 0.265 e. The minimum absolute atomic E-state index is 0.0183. The molecule has 0 radical (unpaired) electrons. The number of aromatic nitrogens is 6. The maximum atomic E-state index is 15.1. The predicted molar refractivity (Wildman–Crippen MR) is 142 cm³/mol. The van der Waals surface area contributed by atoms with Gasteiger partial charge in [-0.3, -0.25) is 14.0 Å². The first kappa shape index (κ1) is 25.5. The third-order valence-corrected chi connectivity index (χ3v) is 6.70. The summed E-state index contributed by atoms with van der Waals surface area (Å²) in [7, 11) is 0. The van der Waals surface area contributed by atoms with Crippen LogP contribution in [0.1, 0.15) is 29.9 Å². The molecular formula is C27H23F3N8O2. The molecule has 0 aliphatic heterocycles. The predicted octanol–water partition coefficient (Wildman–Crippen LogP) is 4.14. The van der Waals surface area contributed by atoms with E-state index in [1.807, 2.05) is 6.07 Å². The Balaban J connectivity index is 1.40. The van der Waals surface area contributed by atoms with Gasteiger partial charge in [-0.15, -0.1) is 0 Å². The van der Waals surface area contributed by atoms with Crippen LogP contribution in [0.15, 0.2) is 59.8 Å². The fourth-order valence-corrected chi connectivity index (χ4v) is 4.74. The number of hydrogen-bond donors (Lipinski definition) is 3. The molecule has 1 fully saturated rings. The van der Waals surface area contributed by atoms with E-state index < -0.39 is 31.0 Å². The number of benzene rings is 2. The van der Waals surface area contributed by atoms with E-state index in [9.17, 15) is 18.7 Å². The Hall–Kier alpha value is -4.78. The van der Waals surface area contributed by atoms with Crippen molar-refractivity contribution in [3.63, 3.8) is 0 Å². The minimum Gasteiger partial charge on any atom is -0.392 e. The Morgan fingerprint density at radius 1 is 1.15 bits per heavy atom. The second-order valence-corrected chi connectivity index (χ2v) is 9.50. The average Bonchev–Trinajstić information content (AvgIpc) is 3.68. The molecule has 40 heavy (non-hydrogen) atoms. The first-order valence-corrected chi connectivity index (χ1v) is 12.5. The third-order valence-electron chi connectivity index (χ3n) is 6.70. The van der Waals surface area contributed by atoms with Crippen molar-refractivity contribution in [3.05, 3.63) is 82.3 Å². The number of fused-ring (bicyclic) bond motifs is 1. The van der Waals surface area contributed by atoms with E-state index >= 15 is 4.39 Å². The molecular weight excluding hydrogens is 525 g/mol. The number of nitrogens with two attached hydrogens (primary N) is 1. The van der Waals surface area contributed by atoms with Crippen LogP contribution in [0.4, 0.5) is 30.8 Å². The molecule has 0 atom stereocenters. The number of nitrogens with one attached hydrogen (secondary N) is 1. The van der Waals surface area contributed by atoms with E-state index in [1.165, 1.54) is 23.0 Å². The van der Waals surface area contributed by atoms with Gasteiger partial charge in [-0.1, -0.05) is 18.2 Å². The van der Waals surface area contributed by atoms with Gasteiger partial charge in [0.1, 0.15) is 12.4 Å². The summed E-state index contributed by atoms with van der Waals surface area (Å²) in [5.41, 5.74) is 7.58. The van der Waals surface area contributed by atoms with E-state index in [0.717, 1.165) is 23.1 Å². The molecule has 1 aliphatic rings. The van der Waals surface area contributed by atoms with Crippen LogP contribution in [-0.4, -0.2) is 40.8 Å². The third kappa shape index (κ3) is 4.86. The molecule has 4 N–H and O–H groups in total. The number of aliphatic hydroxyl groups is 1. The maximum Gasteiger partial charge on any atom is 0.265 e. The summed E-state index contributed by atoms with van der Waals surface area (Å²) < 4.78 is 42.8. The largest absolute Gasteiger partial charge is 0.392 e. The number of nitrogens with zero attached hydrogens (tertiary/aromatic N) is 6. The number of anilines is 3. The van der Waals surface area contributed by atoms with Crippen molar-refractivity contribution in [2.45, 2.75) is 38.3 Å². The monoisotopic (exact) mass is 548 g/mol. The average molecular weight is 549 g/mol. The highest BCUT2D eigenvalue weighted by Gasteiger charge is 2.25. The fourth-order valence-electron chi connectivity index (χ4n) is 4.74. The molecule has 0 spiro atoms. The quantitative estimate of drug-likeness (QED) is 0.263. The van der Waals surface area contributed by atoms with Crippen LogP contribution in [-0.2, 0) is 13.2 Å². The number of hydrogen-bond acceptors (Lipinski definition) is 8. The van der Waals surface area contributed by atoms with Crippen molar-refractivity contribution >= 4 is 28.4 Å². The van der Waals surface area contributed by atoms with Gasteiger partial charge in [0.05, 0.1) is 29.6 Å². The van der Waals surface area contributed by atoms with Crippen molar-refractivity contribution in [1.29, 1.82) is 0 Å². The fraction of sp³-hybridized carbons (Fsp3) is 0.222. The van der Waals surface area contributed by atoms with Gasteiger partial charge in [0.2, 0.25) is 11.9 Å². The van der Waals surface area contributed by atoms with Crippen molar-refractivity contribution in [3.8, 4) is 17.1 Å². The summed E-state index contributed by atoms with van der Waals surface area (Å²) in [5, 5.41) is 17.5. The Morgan fingerprint density at radius 2 is 1.98 bits per heavy atom. The Morgan fingerprint density at radius 3 is 2.73 bits per heavy atom. The van der Waals surface area contributed by atoms with Gasteiger partial charge in [0.15, 0.2) is 5.82 Å². The van der Waals surface area contributed by atoms with E-state index in [2.05, 4.69) is 25.4 Å². The standard InChI is InChI=1S/C27H23F3N8O2/c28-20-9-16(14-4-5-14)8-15-6-7-38(25(40)23(15)20)21-3-1-2-18(19(21)13-39)24-34-26(31)36-27(35-24)33-17-10-32-37(11-17)12-22(29)30/h1-3,6-11,14,22,39H,4-5,12-13H2,(H3,31,33,34,35,36). The molecule has 3 aromatic heterocycles. The Labute approximate surface area is 225 Å². The Kier molecular flexibility index (Phi) is 6.42. The summed E-state index contributed by atoms with van der Waals surface area (Å²) in [4.78, 5) is 26.1. The molecule has 0 amide bonds. The van der Waals surface area contributed by atoms with Gasteiger partial charge in [0, 0.05) is 23.5 Å². The Bertz CT molecular complexity index is 1800. The highest BCUT2D eigenvalue weighted by Crippen LogP contribution is 2.41. The van der Waals surface area contributed by atoms with Gasteiger partial charge in [-0.05, 0) is 47.9 Å². The number of pyridine rings is 1. The summed E-state index contributed by atoms with van der Waals surface area (Å²) in [6.07, 6.45) is 3.70. The number of halogens is 3. The molecule has 10 nitrogen and oxygen atoms in total. The molecule has 0 unspecified atom stereocenters. The van der Waals surface area contributed by atoms with Crippen LogP contribution in [0.2, 0.25) is 0 Å². The molecule has 0 bridgehead atoms. The van der Waals surface area contributed by atoms with Crippen LogP contribution in [0.5, 0.6) is 0 Å². The number of nitrogen functional groups attached to an aromatic ring is 1. The van der Waals surface area contributed by atoms with Crippen LogP contribution < -0.4 is 16.6 Å². The molecule has 1 saturated carbocycles. The molecule has 0 saturated heterocycles. The lowest BCUT2D eigenvalue weighted by molar-refractivity contribution is 0.122. The van der Waals surface area contributed by atoms with Gasteiger partial charge < -0.3 is 16.2 Å². The number of rotatable bonds is 8. The minimum atomic E-state index is -2.57. The number of aliphatic hydroxyl groups excluding tert-OH is 1. The van der Waals surface area contributed by atoms with Crippen molar-refractivity contribution < 1.29 is 18.3 Å². The van der Waals surface area contributed by atoms with Gasteiger partial charge in [-0.2, -0.15) is 20.1 Å². The normalized spacial score (nSPS) is 13.3. The lowest BCUT2D eigenvalue weighted by Gasteiger charge is -2.16. The van der Waals surface area contributed by atoms with Crippen LogP contribution >= 0.6 is 0 Å². The zero-order valence-corrected chi connectivity index (χ0v) is 20.9. The first-order chi connectivity index (χ1) is 19.3. The molecule has 2 aromatic carbocycles. The topological polar surface area (TPSA) is 137 Å². The van der Waals surface area contributed by atoms with Crippen molar-refractivity contribution in [2.75, 3.05) is 11.1 Å². The number of alkyl halides is 2. The lowest BCUT2D eigenvalue weighted by atomic mass is 10.0. The van der Waals surface area contributed by atoms with Crippen LogP contribution in [0.25, 0.3) is 27.8 Å². The zero-order chi connectivity index (χ0) is 28.0. The molecule has 1 aliphatic carbocycles. The van der Waals surface area contributed by atoms with Crippen molar-refractivity contribution in [1.82, 2.24) is 29.3 Å². The maximum absolute atomic E-state index is 15.1. The molecule has 6 rings (SSSR count). The second kappa shape index (κ2) is 10.1. The van der Waals surface area contributed by atoms with E-state index in [0.29, 0.717) is 33.8 Å². The van der Waals surface area contributed by atoms with E-state index in [-0.39, 0.29) is 23.1 Å². The van der Waals surface area contributed by atoms with Crippen molar-refractivity contribution in [2.24, 2.45) is 0 Å². The first-order valence-electron chi connectivity index (χ1n) is 12.5. The zero-order valence-electron chi connectivity index (χ0n) is 20.9. The van der Waals surface area contributed by atoms with Crippen LogP contribution in [0.3, 0.4) is 0 Å².